The van der Waals surface area contributed by atoms with Crippen molar-refractivity contribution in [3.8, 4) is 0 Å². The predicted molar refractivity (Wildman–Crippen MR) is 69.3 cm³/mol. The summed E-state index contributed by atoms with van der Waals surface area (Å²) in [5.74, 6) is 0.680. The lowest BCUT2D eigenvalue weighted by atomic mass is 9.83. The average Bonchev–Trinajstić information content (AvgIpc) is 2.38. The zero-order chi connectivity index (χ0) is 12.1. The van der Waals surface area contributed by atoms with Crippen LogP contribution in [-0.2, 0) is 6.54 Å². The lowest BCUT2D eigenvalue weighted by molar-refractivity contribution is 0.253. The molecule has 1 nitrogen and oxygen atoms in total. The normalized spacial score (nSPS) is 24.8. The van der Waals surface area contributed by atoms with E-state index in [4.69, 9.17) is 0 Å². The molecule has 2 atom stereocenters. The van der Waals surface area contributed by atoms with E-state index >= 15 is 0 Å². The van der Waals surface area contributed by atoms with Crippen LogP contribution in [0.5, 0.6) is 0 Å². The summed E-state index contributed by atoms with van der Waals surface area (Å²) >= 11 is 0. The Balaban J connectivity index is 1.90. The first-order valence-electron chi connectivity index (χ1n) is 6.78. The number of nitrogens with one attached hydrogen (secondary N) is 1. The van der Waals surface area contributed by atoms with Crippen LogP contribution >= 0.6 is 0 Å². The fourth-order valence-corrected chi connectivity index (χ4v) is 2.85. The second kappa shape index (κ2) is 6.15. The molecule has 0 saturated heterocycles. The molecule has 2 unspecified atom stereocenters. The molecule has 1 N–H and O–H groups in total. The van der Waals surface area contributed by atoms with Crippen LogP contribution in [0, 0.1) is 11.7 Å². The van der Waals surface area contributed by atoms with Gasteiger partial charge in [0.15, 0.2) is 0 Å². The monoisotopic (exact) mass is 235 g/mol. The third kappa shape index (κ3) is 3.29. The maximum atomic E-state index is 13.5. The van der Waals surface area contributed by atoms with Gasteiger partial charge in [-0.25, -0.2) is 4.39 Å². The topological polar surface area (TPSA) is 12.0 Å². The van der Waals surface area contributed by atoms with Gasteiger partial charge in [-0.05, 0) is 24.8 Å². The Morgan fingerprint density at radius 1 is 1.24 bits per heavy atom. The van der Waals surface area contributed by atoms with E-state index < -0.39 is 0 Å². The molecular weight excluding hydrogens is 213 g/mol. The molecule has 0 radical (unpaired) electrons. The highest BCUT2D eigenvalue weighted by atomic mass is 19.1. The largest absolute Gasteiger partial charge is 0.310 e. The van der Waals surface area contributed by atoms with E-state index in [-0.39, 0.29) is 5.82 Å². The number of benzene rings is 1. The van der Waals surface area contributed by atoms with E-state index in [2.05, 4.69) is 12.2 Å². The van der Waals surface area contributed by atoms with Crippen LogP contribution in [0.2, 0.25) is 0 Å². The number of rotatable bonds is 4. The first-order valence-corrected chi connectivity index (χ1v) is 6.78. The molecule has 94 valence electrons. The minimum absolute atomic E-state index is 0.0937. The van der Waals surface area contributed by atoms with Gasteiger partial charge in [0.25, 0.3) is 0 Å². The van der Waals surface area contributed by atoms with Crippen LogP contribution in [0.15, 0.2) is 24.3 Å². The smallest absolute Gasteiger partial charge is 0.127 e. The average molecular weight is 235 g/mol. The Morgan fingerprint density at radius 2 is 2.00 bits per heavy atom. The molecule has 1 aliphatic carbocycles. The predicted octanol–water partition coefficient (Wildman–Crippen LogP) is 3.88. The summed E-state index contributed by atoms with van der Waals surface area (Å²) < 4.78 is 13.5. The summed E-state index contributed by atoms with van der Waals surface area (Å²) in [5, 5.41) is 3.54. The van der Waals surface area contributed by atoms with Gasteiger partial charge < -0.3 is 5.32 Å². The van der Waals surface area contributed by atoms with Crippen LogP contribution < -0.4 is 5.32 Å². The van der Waals surface area contributed by atoms with Crippen molar-refractivity contribution in [2.24, 2.45) is 5.92 Å². The van der Waals surface area contributed by atoms with Crippen LogP contribution in [0.25, 0.3) is 0 Å². The molecule has 2 rings (SSSR count). The zero-order valence-corrected chi connectivity index (χ0v) is 10.6. The van der Waals surface area contributed by atoms with Crippen molar-refractivity contribution in [2.45, 2.75) is 51.6 Å². The Hall–Kier alpha value is -0.890. The fourth-order valence-electron chi connectivity index (χ4n) is 2.85. The SMILES string of the molecule is CCC1CCCCC1NCc1ccccc1F. The fraction of sp³-hybridized carbons (Fsp3) is 0.600. The highest BCUT2D eigenvalue weighted by Crippen LogP contribution is 2.27. The van der Waals surface area contributed by atoms with E-state index in [0.29, 0.717) is 12.6 Å². The second-order valence-corrected chi connectivity index (χ2v) is 5.03. The summed E-state index contributed by atoms with van der Waals surface area (Å²) in [5.41, 5.74) is 0.785. The third-order valence-corrected chi connectivity index (χ3v) is 3.95. The van der Waals surface area contributed by atoms with Gasteiger partial charge in [0.2, 0.25) is 0 Å². The summed E-state index contributed by atoms with van der Waals surface area (Å²) in [7, 11) is 0. The minimum atomic E-state index is -0.0937. The molecule has 2 heteroatoms. The van der Waals surface area contributed by atoms with Crippen molar-refractivity contribution in [3.05, 3.63) is 35.6 Å². The van der Waals surface area contributed by atoms with Crippen LogP contribution in [0.1, 0.15) is 44.6 Å². The highest BCUT2D eigenvalue weighted by molar-refractivity contribution is 5.17. The quantitative estimate of drug-likeness (QED) is 0.835. The van der Waals surface area contributed by atoms with Gasteiger partial charge in [-0.1, -0.05) is 44.4 Å². The Bertz CT molecular complexity index is 351. The molecule has 17 heavy (non-hydrogen) atoms. The maximum Gasteiger partial charge on any atom is 0.127 e. The van der Waals surface area contributed by atoms with Crippen LogP contribution in [0.4, 0.5) is 4.39 Å². The summed E-state index contributed by atoms with van der Waals surface area (Å²) in [6.07, 6.45) is 6.47. The second-order valence-electron chi connectivity index (χ2n) is 5.03. The van der Waals surface area contributed by atoms with Crippen molar-refractivity contribution in [3.63, 3.8) is 0 Å². The number of hydrogen-bond acceptors (Lipinski definition) is 1. The van der Waals surface area contributed by atoms with Gasteiger partial charge >= 0.3 is 0 Å². The van der Waals surface area contributed by atoms with Crippen molar-refractivity contribution in [2.75, 3.05) is 0 Å². The van der Waals surface area contributed by atoms with Gasteiger partial charge in [-0.2, -0.15) is 0 Å². The summed E-state index contributed by atoms with van der Waals surface area (Å²) in [6, 6.07) is 7.63. The van der Waals surface area contributed by atoms with E-state index in [0.717, 1.165) is 11.5 Å². The zero-order valence-electron chi connectivity index (χ0n) is 10.6. The van der Waals surface area contributed by atoms with Gasteiger partial charge in [-0.15, -0.1) is 0 Å². The third-order valence-electron chi connectivity index (χ3n) is 3.95. The molecule has 0 bridgehead atoms. The van der Waals surface area contributed by atoms with Crippen molar-refractivity contribution in [1.82, 2.24) is 5.32 Å². The first kappa shape index (κ1) is 12.6. The highest BCUT2D eigenvalue weighted by Gasteiger charge is 2.22. The molecule has 0 aliphatic heterocycles. The molecule has 0 heterocycles. The Labute approximate surface area is 103 Å². The maximum absolute atomic E-state index is 13.5. The van der Waals surface area contributed by atoms with Crippen molar-refractivity contribution < 1.29 is 4.39 Å². The minimum Gasteiger partial charge on any atom is -0.310 e. The van der Waals surface area contributed by atoms with E-state index in [9.17, 15) is 4.39 Å². The Morgan fingerprint density at radius 3 is 2.76 bits per heavy atom. The van der Waals surface area contributed by atoms with E-state index in [1.165, 1.54) is 38.2 Å². The van der Waals surface area contributed by atoms with E-state index in [1.807, 2.05) is 12.1 Å². The number of halogens is 1. The molecule has 1 fully saturated rings. The van der Waals surface area contributed by atoms with E-state index in [1.54, 1.807) is 6.07 Å². The standard InChI is InChI=1S/C15H22FN/c1-2-12-7-4-6-10-15(12)17-11-13-8-3-5-9-14(13)16/h3,5,8-9,12,15,17H,2,4,6-7,10-11H2,1H3. The lowest BCUT2D eigenvalue weighted by Gasteiger charge is -2.31. The molecule has 1 saturated carbocycles. The van der Waals surface area contributed by atoms with Crippen molar-refractivity contribution in [1.29, 1.82) is 0 Å². The van der Waals surface area contributed by atoms with Crippen molar-refractivity contribution >= 4 is 0 Å². The molecule has 0 amide bonds. The van der Waals surface area contributed by atoms with Crippen LogP contribution in [0.3, 0.4) is 0 Å². The summed E-state index contributed by atoms with van der Waals surface area (Å²) in [4.78, 5) is 0. The van der Waals surface area contributed by atoms with Gasteiger partial charge in [0.05, 0.1) is 0 Å². The van der Waals surface area contributed by atoms with Gasteiger partial charge in [0.1, 0.15) is 5.82 Å². The molecular formula is C15H22FN. The van der Waals surface area contributed by atoms with Gasteiger partial charge in [0, 0.05) is 18.2 Å². The lowest BCUT2D eigenvalue weighted by Crippen LogP contribution is -2.38. The molecule has 0 aromatic heterocycles. The number of hydrogen-bond donors (Lipinski definition) is 1. The Kier molecular flexibility index (Phi) is 4.55. The molecule has 1 aromatic carbocycles. The summed E-state index contributed by atoms with van der Waals surface area (Å²) in [6.45, 7) is 2.92. The molecule has 1 aromatic rings. The van der Waals surface area contributed by atoms with Crippen LogP contribution in [-0.4, -0.2) is 6.04 Å². The molecule has 1 aliphatic rings. The first-order chi connectivity index (χ1) is 8.31. The van der Waals surface area contributed by atoms with Gasteiger partial charge in [-0.3, -0.25) is 0 Å². The molecule has 0 spiro atoms.